The third kappa shape index (κ3) is 1.97. The molecule has 3 rings (SSSR count). The van der Waals surface area contributed by atoms with E-state index in [0.717, 1.165) is 11.1 Å². The normalized spacial score (nSPS) is 10.7. The summed E-state index contributed by atoms with van der Waals surface area (Å²) in [5.74, 6) is -0.313. The van der Waals surface area contributed by atoms with Crippen LogP contribution in [0, 0.1) is 0 Å². The molecule has 20 heavy (non-hydrogen) atoms. The van der Waals surface area contributed by atoms with Crippen molar-refractivity contribution in [3.05, 3.63) is 60.3 Å². The summed E-state index contributed by atoms with van der Waals surface area (Å²) in [6.45, 7) is 0. The molecule has 3 nitrogen and oxygen atoms in total. The van der Waals surface area contributed by atoms with Gasteiger partial charge >= 0.3 is 5.97 Å². The van der Waals surface area contributed by atoms with Gasteiger partial charge < -0.3 is 9.30 Å². The molecule has 0 amide bonds. The molecule has 0 N–H and O–H groups in total. The van der Waals surface area contributed by atoms with Crippen LogP contribution in [0.4, 0.5) is 0 Å². The highest BCUT2D eigenvalue weighted by Crippen LogP contribution is 2.29. The molecule has 0 unspecified atom stereocenters. The average molecular weight is 265 g/mol. The summed E-state index contributed by atoms with van der Waals surface area (Å²) in [6, 6.07) is 15.8. The standard InChI is InChI=1S/C17H15NO2/c1-18-10-9-15-14(7-4-8-16(15)18)12-5-3-6-13(11-12)17(19)20-2/h3-11H,1-2H3. The van der Waals surface area contributed by atoms with Crippen molar-refractivity contribution in [2.45, 2.75) is 0 Å². The first-order valence-electron chi connectivity index (χ1n) is 6.43. The lowest BCUT2D eigenvalue weighted by molar-refractivity contribution is 0.0601. The van der Waals surface area contributed by atoms with Crippen molar-refractivity contribution >= 4 is 16.9 Å². The van der Waals surface area contributed by atoms with Gasteiger partial charge in [-0.25, -0.2) is 4.79 Å². The van der Waals surface area contributed by atoms with Crippen LogP contribution < -0.4 is 0 Å². The number of hydrogen-bond acceptors (Lipinski definition) is 2. The van der Waals surface area contributed by atoms with E-state index in [1.54, 1.807) is 6.07 Å². The van der Waals surface area contributed by atoms with Crippen molar-refractivity contribution in [3.8, 4) is 11.1 Å². The van der Waals surface area contributed by atoms with Crippen molar-refractivity contribution in [2.75, 3.05) is 7.11 Å². The highest BCUT2D eigenvalue weighted by Gasteiger charge is 2.09. The first-order chi connectivity index (χ1) is 9.70. The molecule has 0 spiro atoms. The molecule has 0 aliphatic heterocycles. The molecular formula is C17H15NO2. The number of ether oxygens (including phenoxy) is 1. The van der Waals surface area contributed by atoms with Crippen molar-refractivity contribution < 1.29 is 9.53 Å². The van der Waals surface area contributed by atoms with Gasteiger partial charge in [0.1, 0.15) is 0 Å². The van der Waals surface area contributed by atoms with Crippen LogP contribution in [-0.2, 0) is 11.8 Å². The highest BCUT2D eigenvalue weighted by molar-refractivity contribution is 5.97. The molecular weight excluding hydrogens is 250 g/mol. The number of fused-ring (bicyclic) bond motifs is 1. The minimum absolute atomic E-state index is 0.313. The van der Waals surface area contributed by atoms with Crippen LogP contribution in [0.25, 0.3) is 22.0 Å². The third-order valence-electron chi connectivity index (χ3n) is 3.52. The monoisotopic (exact) mass is 265 g/mol. The van der Waals surface area contributed by atoms with E-state index in [1.807, 2.05) is 37.5 Å². The van der Waals surface area contributed by atoms with Crippen LogP contribution in [0.3, 0.4) is 0 Å². The zero-order chi connectivity index (χ0) is 14.1. The zero-order valence-electron chi connectivity index (χ0n) is 11.5. The van der Waals surface area contributed by atoms with Gasteiger partial charge in [-0.2, -0.15) is 0 Å². The number of esters is 1. The van der Waals surface area contributed by atoms with Crippen LogP contribution in [0.1, 0.15) is 10.4 Å². The number of hydrogen-bond donors (Lipinski definition) is 0. The van der Waals surface area contributed by atoms with E-state index in [1.165, 1.54) is 18.0 Å². The average Bonchev–Trinajstić information content (AvgIpc) is 2.88. The minimum Gasteiger partial charge on any atom is -0.465 e. The van der Waals surface area contributed by atoms with Crippen molar-refractivity contribution in [2.24, 2.45) is 7.05 Å². The Morgan fingerprint density at radius 1 is 1.10 bits per heavy atom. The summed E-state index contributed by atoms with van der Waals surface area (Å²) in [5, 5.41) is 1.18. The van der Waals surface area contributed by atoms with E-state index in [9.17, 15) is 4.79 Å². The Morgan fingerprint density at radius 3 is 2.70 bits per heavy atom. The Kier molecular flexibility index (Phi) is 3.03. The molecule has 0 aliphatic carbocycles. The van der Waals surface area contributed by atoms with Gasteiger partial charge in [0.25, 0.3) is 0 Å². The van der Waals surface area contributed by atoms with Crippen LogP contribution in [0.15, 0.2) is 54.7 Å². The van der Waals surface area contributed by atoms with Gasteiger partial charge in [0.15, 0.2) is 0 Å². The number of rotatable bonds is 2. The van der Waals surface area contributed by atoms with E-state index in [-0.39, 0.29) is 5.97 Å². The summed E-state index contributed by atoms with van der Waals surface area (Å²) in [6.07, 6.45) is 2.04. The van der Waals surface area contributed by atoms with E-state index >= 15 is 0 Å². The quantitative estimate of drug-likeness (QED) is 0.662. The Morgan fingerprint density at radius 2 is 1.90 bits per heavy atom. The highest BCUT2D eigenvalue weighted by atomic mass is 16.5. The lowest BCUT2D eigenvalue weighted by atomic mass is 10.00. The number of nitrogens with zero attached hydrogens (tertiary/aromatic N) is 1. The maximum absolute atomic E-state index is 11.6. The molecule has 0 bridgehead atoms. The topological polar surface area (TPSA) is 31.2 Å². The van der Waals surface area contributed by atoms with Crippen LogP contribution in [0.2, 0.25) is 0 Å². The number of carbonyl (C=O) groups is 1. The molecule has 100 valence electrons. The number of aryl methyl sites for hydroxylation is 1. The van der Waals surface area contributed by atoms with Gasteiger partial charge in [-0.3, -0.25) is 0 Å². The van der Waals surface area contributed by atoms with Crippen molar-refractivity contribution in [1.29, 1.82) is 0 Å². The molecule has 0 radical (unpaired) electrons. The molecule has 0 saturated heterocycles. The third-order valence-corrected chi connectivity index (χ3v) is 3.52. The van der Waals surface area contributed by atoms with Crippen LogP contribution in [0.5, 0.6) is 0 Å². The van der Waals surface area contributed by atoms with Crippen LogP contribution in [-0.4, -0.2) is 17.6 Å². The summed E-state index contributed by atoms with van der Waals surface area (Å²) in [4.78, 5) is 11.6. The summed E-state index contributed by atoms with van der Waals surface area (Å²) >= 11 is 0. The van der Waals surface area contributed by atoms with E-state index in [2.05, 4.69) is 22.8 Å². The molecule has 0 saturated carbocycles. The summed E-state index contributed by atoms with van der Waals surface area (Å²) in [7, 11) is 3.42. The molecule has 1 aromatic heterocycles. The first kappa shape index (κ1) is 12.5. The molecule has 0 fully saturated rings. The SMILES string of the molecule is COC(=O)c1cccc(-c2cccc3c2ccn3C)c1. The fourth-order valence-corrected chi connectivity index (χ4v) is 2.49. The second-order valence-corrected chi connectivity index (χ2v) is 4.74. The number of methoxy groups -OCH3 is 1. The molecule has 3 heteroatoms. The maximum Gasteiger partial charge on any atom is 0.337 e. The number of aromatic nitrogens is 1. The Hall–Kier alpha value is -2.55. The number of carbonyl (C=O) groups excluding carboxylic acids is 1. The van der Waals surface area contributed by atoms with Gasteiger partial charge in [0.05, 0.1) is 12.7 Å². The second kappa shape index (κ2) is 4.85. The predicted octanol–water partition coefficient (Wildman–Crippen LogP) is 3.63. The molecule has 0 aliphatic rings. The number of benzene rings is 2. The van der Waals surface area contributed by atoms with Gasteiger partial charge in [0.2, 0.25) is 0 Å². The first-order valence-corrected chi connectivity index (χ1v) is 6.43. The molecule has 3 aromatic rings. The smallest absolute Gasteiger partial charge is 0.337 e. The Labute approximate surface area is 117 Å². The van der Waals surface area contributed by atoms with Crippen LogP contribution >= 0.6 is 0 Å². The Balaban J connectivity index is 2.18. The predicted molar refractivity (Wildman–Crippen MR) is 79.7 cm³/mol. The largest absolute Gasteiger partial charge is 0.465 e. The second-order valence-electron chi connectivity index (χ2n) is 4.74. The molecule has 1 heterocycles. The zero-order valence-corrected chi connectivity index (χ0v) is 11.5. The van der Waals surface area contributed by atoms with Gasteiger partial charge in [-0.15, -0.1) is 0 Å². The van der Waals surface area contributed by atoms with Gasteiger partial charge in [-0.05, 0) is 35.4 Å². The van der Waals surface area contributed by atoms with Gasteiger partial charge in [-0.1, -0.05) is 24.3 Å². The molecule has 0 atom stereocenters. The van der Waals surface area contributed by atoms with Crippen molar-refractivity contribution in [1.82, 2.24) is 4.57 Å². The lowest BCUT2D eigenvalue weighted by Gasteiger charge is -2.06. The summed E-state index contributed by atoms with van der Waals surface area (Å²) < 4.78 is 6.86. The Bertz CT molecular complexity index is 787. The lowest BCUT2D eigenvalue weighted by Crippen LogP contribution is -2.00. The van der Waals surface area contributed by atoms with E-state index in [4.69, 9.17) is 4.74 Å². The maximum atomic E-state index is 11.6. The van der Waals surface area contributed by atoms with E-state index < -0.39 is 0 Å². The van der Waals surface area contributed by atoms with Gasteiger partial charge in [0, 0.05) is 24.1 Å². The molecule has 2 aromatic carbocycles. The van der Waals surface area contributed by atoms with Crippen molar-refractivity contribution in [3.63, 3.8) is 0 Å². The minimum atomic E-state index is -0.313. The summed E-state index contributed by atoms with van der Waals surface area (Å²) in [5.41, 5.74) is 3.88. The van der Waals surface area contributed by atoms with E-state index in [0.29, 0.717) is 5.56 Å². The fraction of sp³-hybridized carbons (Fsp3) is 0.118. The fourth-order valence-electron chi connectivity index (χ4n) is 2.49.